The topological polar surface area (TPSA) is 107 Å². The molecule has 112 valence electrons. The molecule has 0 saturated heterocycles. The number of aromatic nitrogens is 2. The number of carbonyl (C=O) groups excluding carboxylic acids is 2. The van der Waals surface area contributed by atoms with Crippen molar-refractivity contribution < 1.29 is 9.59 Å². The first-order chi connectivity index (χ1) is 9.75. The van der Waals surface area contributed by atoms with E-state index in [1.165, 1.54) is 0 Å². The van der Waals surface area contributed by atoms with Crippen LogP contribution in [0.5, 0.6) is 0 Å². The number of carbonyl (C=O) groups is 2. The summed E-state index contributed by atoms with van der Waals surface area (Å²) >= 11 is 0. The number of imidazole rings is 1. The van der Waals surface area contributed by atoms with E-state index in [0.717, 1.165) is 0 Å². The van der Waals surface area contributed by atoms with Gasteiger partial charge in [0.25, 0.3) is 0 Å². The maximum Gasteiger partial charge on any atom is 0.323 e. The lowest BCUT2D eigenvalue weighted by molar-refractivity contribution is -0.130. The van der Waals surface area contributed by atoms with Crippen LogP contribution < -0.4 is 16.3 Å². The Kier molecular flexibility index (Phi) is 3.84. The highest BCUT2D eigenvalue weighted by atomic mass is 16.2. The summed E-state index contributed by atoms with van der Waals surface area (Å²) < 4.78 is 0. The zero-order chi connectivity index (χ0) is 15.6. The summed E-state index contributed by atoms with van der Waals surface area (Å²) in [6.07, 6.45) is 0. The van der Waals surface area contributed by atoms with Crippen LogP contribution in [0, 0.1) is 5.41 Å². The molecule has 1 aromatic carbocycles. The van der Waals surface area contributed by atoms with Gasteiger partial charge in [0, 0.05) is 11.1 Å². The van der Waals surface area contributed by atoms with Gasteiger partial charge < -0.3 is 20.6 Å². The Morgan fingerprint density at radius 2 is 1.81 bits per heavy atom. The van der Waals surface area contributed by atoms with Crippen molar-refractivity contribution >= 4 is 28.5 Å². The largest absolute Gasteiger partial charge is 0.347 e. The maximum absolute atomic E-state index is 11.8. The first-order valence-corrected chi connectivity index (χ1v) is 6.56. The van der Waals surface area contributed by atoms with E-state index in [1.807, 2.05) is 0 Å². The first kappa shape index (κ1) is 14.8. The van der Waals surface area contributed by atoms with Crippen molar-refractivity contribution in [1.82, 2.24) is 15.3 Å². The van der Waals surface area contributed by atoms with E-state index in [9.17, 15) is 14.4 Å². The smallest absolute Gasteiger partial charge is 0.323 e. The number of fused-ring (bicyclic) bond motifs is 1. The van der Waals surface area contributed by atoms with E-state index < -0.39 is 5.41 Å². The molecule has 0 aliphatic heterocycles. The number of aromatic amines is 2. The minimum atomic E-state index is -0.538. The van der Waals surface area contributed by atoms with Gasteiger partial charge in [-0.1, -0.05) is 20.8 Å². The number of H-pyrrole nitrogens is 2. The van der Waals surface area contributed by atoms with Gasteiger partial charge in [-0.15, -0.1) is 0 Å². The molecule has 0 aliphatic carbocycles. The Morgan fingerprint density at radius 1 is 1.14 bits per heavy atom. The summed E-state index contributed by atoms with van der Waals surface area (Å²) in [5.41, 5.74) is 0.985. The Morgan fingerprint density at radius 3 is 2.48 bits per heavy atom. The molecular weight excluding hydrogens is 272 g/mol. The van der Waals surface area contributed by atoms with E-state index in [0.29, 0.717) is 16.7 Å². The Hall–Kier alpha value is -2.57. The second-order valence-electron chi connectivity index (χ2n) is 5.82. The van der Waals surface area contributed by atoms with Crippen LogP contribution >= 0.6 is 0 Å². The molecule has 0 bridgehead atoms. The van der Waals surface area contributed by atoms with Gasteiger partial charge in [0.05, 0.1) is 17.6 Å². The van der Waals surface area contributed by atoms with Gasteiger partial charge in [-0.05, 0) is 18.2 Å². The van der Waals surface area contributed by atoms with Crippen LogP contribution in [0.3, 0.4) is 0 Å². The highest BCUT2D eigenvalue weighted by molar-refractivity contribution is 5.96. The van der Waals surface area contributed by atoms with Crippen LogP contribution in [0.15, 0.2) is 23.0 Å². The van der Waals surface area contributed by atoms with Gasteiger partial charge in [-0.2, -0.15) is 0 Å². The second-order valence-corrected chi connectivity index (χ2v) is 5.82. The Balaban J connectivity index is 1.98. The third-order valence-corrected chi connectivity index (χ3v) is 2.89. The quantitative estimate of drug-likeness (QED) is 0.676. The molecule has 0 atom stereocenters. The number of hydrogen-bond acceptors (Lipinski definition) is 3. The first-order valence-electron chi connectivity index (χ1n) is 6.56. The molecule has 2 amide bonds. The van der Waals surface area contributed by atoms with Crippen molar-refractivity contribution in [3.8, 4) is 0 Å². The highest BCUT2D eigenvalue weighted by Gasteiger charge is 2.21. The molecule has 0 fully saturated rings. The van der Waals surface area contributed by atoms with Crippen LogP contribution in [0.4, 0.5) is 5.69 Å². The number of benzene rings is 1. The molecule has 2 rings (SSSR count). The number of amides is 2. The van der Waals surface area contributed by atoms with E-state index >= 15 is 0 Å². The van der Waals surface area contributed by atoms with Gasteiger partial charge in [-0.25, -0.2) is 4.79 Å². The van der Waals surface area contributed by atoms with E-state index in [2.05, 4.69) is 20.6 Å². The van der Waals surface area contributed by atoms with Gasteiger partial charge in [0.15, 0.2) is 0 Å². The Labute approximate surface area is 121 Å². The molecule has 0 unspecified atom stereocenters. The lowest BCUT2D eigenvalue weighted by Gasteiger charge is -2.17. The number of nitrogens with one attached hydrogen (secondary N) is 4. The van der Waals surface area contributed by atoms with Gasteiger partial charge >= 0.3 is 5.69 Å². The highest BCUT2D eigenvalue weighted by Crippen LogP contribution is 2.14. The lowest BCUT2D eigenvalue weighted by Crippen LogP contribution is -2.39. The fourth-order valence-electron chi connectivity index (χ4n) is 1.74. The lowest BCUT2D eigenvalue weighted by atomic mass is 9.96. The molecule has 4 N–H and O–H groups in total. The van der Waals surface area contributed by atoms with Crippen molar-refractivity contribution in [3.63, 3.8) is 0 Å². The van der Waals surface area contributed by atoms with Crippen molar-refractivity contribution in [2.24, 2.45) is 5.41 Å². The Bertz CT molecular complexity index is 736. The third kappa shape index (κ3) is 3.71. The summed E-state index contributed by atoms with van der Waals surface area (Å²) in [6, 6.07) is 5.02. The van der Waals surface area contributed by atoms with Gasteiger partial charge in [0.2, 0.25) is 11.8 Å². The normalized spacial score (nSPS) is 11.4. The average Bonchev–Trinajstić information content (AvgIpc) is 2.74. The van der Waals surface area contributed by atoms with Gasteiger partial charge in [0.1, 0.15) is 0 Å². The minimum Gasteiger partial charge on any atom is -0.347 e. The van der Waals surface area contributed by atoms with Crippen LogP contribution in [-0.4, -0.2) is 28.3 Å². The third-order valence-electron chi connectivity index (χ3n) is 2.89. The monoisotopic (exact) mass is 290 g/mol. The zero-order valence-electron chi connectivity index (χ0n) is 12.2. The predicted octanol–water partition coefficient (Wildman–Crippen LogP) is 0.957. The van der Waals surface area contributed by atoms with E-state index in [-0.39, 0.29) is 24.0 Å². The zero-order valence-corrected chi connectivity index (χ0v) is 12.2. The molecule has 2 aromatic rings. The summed E-state index contributed by atoms with van der Waals surface area (Å²) in [4.78, 5) is 39.8. The van der Waals surface area contributed by atoms with E-state index in [1.54, 1.807) is 39.0 Å². The molecule has 0 saturated carbocycles. The number of anilines is 1. The van der Waals surface area contributed by atoms with Crippen molar-refractivity contribution in [3.05, 3.63) is 28.7 Å². The minimum absolute atomic E-state index is 0.0994. The fraction of sp³-hybridized carbons (Fsp3) is 0.357. The summed E-state index contributed by atoms with van der Waals surface area (Å²) in [7, 11) is 0. The predicted molar refractivity (Wildman–Crippen MR) is 80.0 cm³/mol. The standard InChI is InChI=1S/C14H18N4O3/c1-14(2,3)12(20)15-7-11(19)16-8-4-5-9-10(6-8)18-13(21)17-9/h4-6H,7H2,1-3H3,(H,15,20)(H,16,19)(H2,17,18,21). The van der Waals surface area contributed by atoms with Crippen LogP contribution in [0.1, 0.15) is 20.8 Å². The number of rotatable bonds is 3. The average molecular weight is 290 g/mol. The molecule has 0 aliphatic rings. The summed E-state index contributed by atoms with van der Waals surface area (Å²) in [5, 5.41) is 5.23. The summed E-state index contributed by atoms with van der Waals surface area (Å²) in [5.74, 6) is -0.520. The fourth-order valence-corrected chi connectivity index (χ4v) is 1.74. The molecule has 1 aromatic heterocycles. The summed E-state index contributed by atoms with van der Waals surface area (Å²) in [6.45, 7) is 5.22. The van der Waals surface area contributed by atoms with Crippen molar-refractivity contribution in [1.29, 1.82) is 0 Å². The van der Waals surface area contributed by atoms with Crippen LogP contribution in [0.2, 0.25) is 0 Å². The maximum atomic E-state index is 11.8. The van der Waals surface area contributed by atoms with Crippen molar-refractivity contribution in [2.45, 2.75) is 20.8 Å². The molecule has 7 nitrogen and oxygen atoms in total. The molecule has 7 heteroatoms. The second kappa shape index (κ2) is 5.43. The van der Waals surface area contributed by atoms with Gasteiger partial charge in [-0.3, -0.25) is 9.59 Å². The van der Waals surface area contributed by atoms with Crippen molar-refractivity contribution in [2.75, 3.05) is 11.9 Å². The number of hydrogen-bond donors (Lipinski definition) is 4. The SMILES string of the molecule is CC(C)(C)C(=O)NCC(=O)Nc1ccc2[nH]c(=O)[nH]c2c1. The molecule has 0 radical (unpaired) electrons. The molecule has 21 heavy (non-hydrogen) atoms. The molecular formula is C14H18N4O3. The molecule has 1 heterocycles. The van der Waals surface area contributed by atoms with Crippen LogP contribution in [-0.2, 0) is 9.59 Å². The molecule has 0 spiro atoms. The van der Waals surface area contributed by atoms with Crippen LogP contribution in [0.25, 0.3) is 11.0 Å². The van der Waals surface area contributed by atoms with E-state index in [4.69, 9.17) is 0 Å².